The van der Waals surface area contributed by atoms with Crippen molar-refractivity contribution in [3.8, 4) is 0 Å². The number of amides is 1. The van der Waals surface area contributed by atoms with Crippen LogP contribution in [0.3, 0.4) is 0 Å². The highest BCUT2D eigenvalue weighted by molar-refractivity contribution is 5.94. The predicted octanol–water partition coefficient (Wildman–Crippen LogP) is 2.68. The zero-order valence-electron chi connectivity index (χ0n) is 17.0. The summed E-state index contributed by atoms with van der Waals surface area (Å²) in [7, 11) is 1.97. The van der Waals surface area contributed by atoms with E-state index in [1.165, 1.54) is 12.8 Å². The van der Waals surface area contributed by atoms with Gasteiger partial charge in [-0.3, -0.25) is 4.79 Å². The van der Waals surface area contributed by atoms with E-state index in [2.05, 4.69) is 27.1 Å². The van der Waals surface area contributed by atoms with Gasteiger partial charge in [0.2, 0.25) is 0 Å². The summed E-state index contributed by atoms with van der Waals surface area (Å²) >= 11 is 0. The van der Waals surface area contributed by atoms with E-state index < -0.39 is 0 Å². The Bertz CT molecular complexity index is 789. The van der Waals surface area contributed by atoms with Crippen LogP contribution in [0.5, 0.6) is 0 Å². The zero-order valence-corrected chi connectivity index (χ0v) is 18.6. The third-order valence-corrected chi connectivity index (χ3v) is 5.76. The number of imidazole rings is 1. The van der Waals surface area contributed by atoms with Gasteiger partial charge < -0.3 is 19.7 Å². The molecule has 2 aliphatic heterocycles. The number of anilines is 1. The van der Waals surface area contributed by atoms with Gasteiger partial charge in [-0.25, -0.2) is 9.97 Å². The van der Waals surface area contributed by atoms with Crippen LogP contribution in [0.2, 0.25) is 0 Å². The van der Waals surface area contributed by atoms with Gasteiger partial charge in [0.25, 0.3) is 5.91 Å². The summed E-state index contributed by atoms with van der Waals surface area (Å²) in [5.41, 5.74) is 0.644. The van der Waals surface area contributed by atoms with Crippen LogP contribution in [0.25, 0.3) is 0 Å². The number of piperazine rings is 1. The summed E-state index contributed by atoms with van der Waals surface area (Å²) in [5.74, 6) is 2.69. The Labute approximate surface area is 184 Å². The molecule has 2 aromatic rings. The summed E-state index contributed by atoms with van der Waals surface area (Å²) in [6, 6.07) is 3.84. The lowest BCUT2D eigenvalue weighted by molar-refractivity contribution is 0.0620. The van der Waals surface area contributed by atoms with Gasteiger partial charge >= 0.3 is 0 Å². The SMILES string of the molecule is CC1CCN(c2ccc(C(=O)N3CCNCC3c3nccn3C)cn2)CC1.Cl.Cl. The number of carbonyl (C=O) groups excluding carboxylic acids is 1. The van der Waals surface area contributed by atoms with Crippen molar-refractivity contribution in [2.75, 3.05) is 37.6 Å². The first-order chi connectivity index (χ1) is 13.1. The summed E-state index contributed by atoms with van der Waals surface area (Å²) in [6.45, 7) is 6.57. The van der Waals surface area contributed by atoms with Crippen LogP contribution >= 0.6 is 24.8 Å². The van der Waals surface area contributed by atoms with Crippen molar-refractivity contribution >= 4 is 36.5 Å². The van der Waals surface area contributed by atoms with Gasteiger partial charge in [0, 0.05) is 58.4 Å². The number of nitrogens with one attached hydrogen (secondary N) is 1. The van der Waals surface area contributed by atoms with E-state index in [1.807, 2.05) is 34.8 Å². The van der Waals surface area contributed by atoms with Gasteiger partial charge in [-0.05, 0) is 30.9 Å². The van der Waals surface area contributed by atoms with Gasteiger partial charge in [0.05, 0.1) is 5.56 Å². The maximum Gasteiger partial charge on any atom is 0.256 e. The van der Waals surface area contributed by atoms with Gasteiger partial charge in [-0.1, -0.05) is 6.92 Å². The minimum absolute atomic E-state index is 0. The third-order valence-electron chi connectivity index (χ3n) is 5.76. The minimum Gasteiger partial charge on any atom is -0.357 e. The Kier molecular flexibility index (Phi) is 8.31. The van der Waals surface area contributed by atoms with Gasteiger partial charge in [0.15, 0.2) is 0 Å². The molecule has 2 aliphatic rings. The number of hydrogen-bond acceptors (Lipinski definition) is 5. The molecule has 0 bridgehead atoms. The van der Waals surface area contributed by atoms with E-state index in [9.17, 15) is 4.79 Å². The highest BCUT2D eigenvalue weighted by Crippen LogP contribution is 2.24. The Hall–Kier alpha value is -1.83. The van der Waals surface area contributed by atoms with Crippen LogP contribution in [-0.2, 0) is 7.05 Å². The van der Waals surface area contributed by atoms with Crippen molar-refractivity contribution in [2.45, 2.75) is 25.8 Å². The van der Waals surface area contributed by atoms with Crippen LogP contribution in [0, 0.1) is 5.92 Å². The summed E-state index contributed by atoms with van der Waals surface area (Å²) < 4.78 is 1.98. The minimum atomic E-state index is -0.0606. The average Bonchev–Trinajstić information content (AvgIpc) is 3.14. The first-order valence-corrected chi connectivity index (χ1v) is 9.83. The molecule has 1 amide bonds. The second-order valence-corrected chi connectivity index (χ2v) is 7.69. The molecule has 1 atom stereocenters. The lowest BCUT2D eigenvalue weighted by Gasteiger charge is -2.36. The smallest absolute Gasteiger partial charge is 0.256 e. The van der Waals surface area contributed by atoms with E-state index in [1.54, 1.807) is 12.4 Å². The molecule has 2 saturated heterocycles. The molecule has 1 N–H and O–H groups in total. The molecule has 4 rings (SSSR count). The maximum absolute atomic E-state index is 13.2. The van der Waals surface area contributed by atoms with Crippen molar-refractivity contribution in [1.29, 1.82) is 0 Å². The van der Waals surface area contributed by atoms with Gasteiger partial charge in [0.1, 0.15) is 17.7 Å². The molecule has 7 nitrogen and oxygen atoms in total. The highest BCUT2D eigenvalue weighted by atomic mass is 35.5. The van der Waals surface area contributed by atoms with E-state index in [0.29, 0.717) is 18.7 Å². The molecule has 4 heterocycles. The first-order valence-electron chi connectivity index (χ1n) is 9.83. The standard InChI is InChI=1S/C20H28N6O.2ClH/c1-15-5-9-25(10-6-15)18-4-3-16(13-23-18)20(27)26-12-7-21-14-17(26)19-22-8-11-24(19)2;;/h3-4,8,11,13,15,17,21H,5-7,9-10,12,14H2,1-2H3;2*1H. The summed E-state index contributed by atoms with van der Waals surface area (Å²) in [6.07, 6.45) is 7.83. The quantitative estimate of drug-likeness (QED) is 0.794. The average molecular weight is 441 g/mol. The van der Waals surface area contributed by atoms with Crippen molar-refractivity contribution in [1.82, 2.24) is 24.8 Å². The summed E-state index contributed by atoms with van der Waals surface area (Å²) in [5, 5.41) is 3.37. The van der Waals surface area contributed by atoms with Crippen LogP contribution in [0.1, 0.15) is 42.0 Å². The second kappa shape index (κ2) is 10.3. The van der Waals surface area contributed by atoms with Crippen LogP contribution < -0.4 is 10.2 Å². The number of rotatable bonds is 3. The normalized spacial score (nSPS) is 20.0. The molecular formula is C20H30Cl2N6O. The van der Waals surface area contributed by atoms with Crippen molar-refractivity contribution in [3.05, 3.63) is 42.1 Å². The molecule has 0 radical (unpaired) electrons. The lowest BCUT2D eigenvalue weighted by atomic mass is 9.99. The molecule has 0 spiro atoms. The highest BCUT2D eigenvalue weighted by Gasteiger charge is 2.31. The van der Waals surface area contributed by atoms with Crippen LogP contribution in [0.4, 0.5) is 5.82 Å². The van der Waals surface area contributed by atoms with Gasteiger partial charge in [-0.2, -0.15) is 0 Å². The lowest BCUT2D eigenvalue weighted by Crippen LogP contribution is -2.49. The Morgan fingerprint density at radius 3 is 2.52 bits per heavy atom. The number of aryl methyl sites for hydroxylation is 1. The van der Waals surface area contributed by atoms with E-state index >= 15 is 0 Å². The summed E-state index contributed by atoms with van der Waals surface area (Å²) in [4.78, 5) is 26.4. The zero-order chi connectivity index (χ0) is 18.8. The Morgan fingerprint density at radius 1 is 1.14 bits per heavy atom. The van der Waals surface area contributed by atoms with E-state index in [4.69, 9.17) is 0 Å². The number of nitrogens with zero attached hydrogens (tertiary/aromatic N) is 5. The Balaban J connectivity index is 0.00000150. The molecule has 2 fully saturated rings. The molecular weight excluding hydrogens is 411 g/mol. The monoisotopic (exact) mass is 440 g/mol. The molecule has 29 heavy (non-hydrogen) atoms. The molecule has 2 aromatic heterocycles. The van der Waals surface area contributed by atoms with Crippen molar-refractivity contribution in [2.24, 2.45) is 13.0 Å². The van der Waals surface area contributed by atoms with Crippen LogP contribution in [0.15, 0.2) is 30.7 Å². The molecule has 0 aliphatic carbocycles. The number of halogens is 2. The number of carbonyl (C=O) groups is 1. The molecule has 0 saturated carbocycles. The number of pyridine rings is 1. The largest absolute Gasteiger partial charge is 0.357 e. The second-order valence-electron chi connectivity index (χ2n) is 7.69. The maximum atomic E-state index is 13.2. The fourth-order valence-electron chi connectivity index (χ4n) is 3.98. The molecule has 9 heteroatoms. The van der Waals surface area contributed by atoms with Crippen LogP contribution in [-0.4, -0.2) is 58.1 Å². The fourth-order valence-corrected chi connectivity index (χ4v) is 3.98. The van der Waals surface area contributed by atoms with E-state index in [0.717, 1.165) is 37.2 Å². The molecule has 0 aromatic carbocycles. The number of aromatic nitrogens is 3. The third kappa shape index (κ3) is 5.02. The molecule has 160 valence electrons. The number of piperidine rings is 1. The van der Waals surface area contributed by atoms with E-state index in [-0.39, 0.29) is 36.8 Å². The van der Waals surface area contributed by atoms with Gasteiger partial charge in [-0.15, -0.1) is 24.8 Å². The van der Waals surface area contributed by atoms with Crippen molar-refractivity contribution in [3.63, 3.8) is 0 Å². The number of hydrogen-bond donors (Lipinski definition) is 1. The Morgan fingerprint density at radius 2 is 1.90 bits per heavy atom. The predicted molar refractivity (Wildman–Crippen MR) is 119 cm³/mol. The fraction of sp³-hybridized carbons (Fsp3) is 0.550. The molecule has 1 unspecified atom stereocenters. The van der Waals surface area contributed by atoms with Crippen molar-refractivity contribution < 1.29 is 4.79 Å². The first kappa shape index (κ1) is 23.4. The topological polar surface area (TPSA) is 66.3 Å².